The van der Waals surface area contributed by atoms with Gasteiger partial charge in [0.25, 0.3) is 0 Å². The van der Waals surface area contributed by atoms with Crippen LogP contribution < -0.4 is 5.32 Å². The molecule has 0 aliphatic rings. The van der Waals surface area contributed by atoms with E-state index in [-0.39, 0.29) is 0 Å². The van der Waals surface area contributed by atoms with Gasteiger partial charge in [0, 0.05) is 6.04 Å². The SMILES string of the molecule is CCCNC(C)c1ccc(-c2ccc(C)c(C)c2)cc1. The maximum absolute atomic E-state index is 3.52. The van der Waals surface area contributed by atoms with Crippen molar-refractivity contribution in [1.29, 1.82) is 0 Å². The summed E-state index contributed by atoms with van der Waals surface area (Å²) in [5.74, 6) is 0. The van der Waals surface area contributed by atoms with Gasteiger partial charge in [-0.25, -0.2) is 0 Å². The second-order valence-corrected chi connectivity index (χ2v) is 5.60. The summed E-state index contributed by atoms with van der Waals surface area (Å²) in [5, 5.41) is 3.52. The standard InChI is InChI=1S/C19H25N/c1-5-12-20-16(4)17-8-10-18(11-9-17)19-7-6-14(2)15(3)13-19/h6-11,13,16,20H,5,12H2,1-4H3. The summed E-state index contributed by atoms with van der Waals surface area (Å²) >= 11 is 0. The van der Waals surface area contributed by atoms with Crippen LogP contribution in [-0.2, 0) is 0 Å². The van der Waals surface area contributed by atoms with Gasteiger partial charge in [-0.15, -0.1) is 0 Å². The van der Waals surface area contributed by atoms with Gasteiger partial charge in [-0.1, -0.05) is 49.4 Å². The van der Waals surface area contributed by atoms with Crippen LogP contribution in [0.3, 0.4) is 0 Å². The molecular formula is C19H25N. The Labute approximate surface area is 123 Å². The van der Waals surface area contributed by atoms with Gasteiger partial charge in [-0.3, -0.25) is 0 Å². The fourth-order valence-electron chi connectivity index (χ4n) is 2.36. The highest BCUT2D eigenvalue weighted by molar-refractivity contribution is 5.65. The zero-order chi connectivity index (χ0) is 14.5. The predicted octanol–water partition coefficient (Wildman–Crippen LogP) is 5.03. The highest BCUT2D eigenvalue weighted by Gasteiger charge is 2.05. The molecular weight excluding hydrogens is 242 g/mol. The Morgan fingerprint density at radius 3 is 2.15 bits per heavy atom. The van der Waals surface area contributed by atoms with Gasteiger partial charge in [0.2, 0.25) is 0 Å². The van der Waals surface area contributed by atoms with Crippen molar-refractivity contribution in [3.63, 3.8) is 0 Å². The predicted molar refractivity (Wildman–Crippen MR) is 88.1 cm³/mol. The summed E-state index contributed by atoms with van der Waals surface area (Å²) in [6.07, 6.45) is 1.17. The summed E-state index contributed by atoms with van der Waals surface area (Å²) in [5.41, 5.74) is 6.65. The lowest BCUT2D eigenvalue weighted by Gasteiger charge is -2.14. The number of rotatable bonds is 5. The zero-order valence-electron chi connectivity index (χ0n) is 13.0. The van der Waals surface area contributed by atoms with E-state index in [1.807, 2.05) is 0 Å². The first-order chi connectivity index (χ1) is 9.61. The molecule has 0 saturated carbocycles. The van der Waals surface area contributed by atoms with Crippen molar-refractivity contribution in [2.45, 2.75) is 40.2 Å². The summed E-state index contributed by atoms with van der Waals surface area (Å²) < 4.78 is 0. The Bertz CT molecular complexity index is 554. The van der Waals surface area contributed by atoms with Gasteiger partial charge in [-0.05, 0) is 61.6 Å². The molecule has 2 aromatic carbocycles. The van der Waals surface area contributed by atoms with Crippen molar-refractivity contribution in [3.8, 4) is 11.1 Å². The molecule has 0 spiro atoms. The average molecular weight is 267 g/mol. The van der Waals surface area contributed by atoms with Crippen molar-refractivity contribution in [1.82, 2.24) is 5.32 Å². The van der Waals surface area contributed by atoms with Crippen LogP contribution in [0.2, 0.25) is 0 Å². The summed E-state index contributed by atoms with van der Waals surface area (Å²) in [6.45, 7) is 9.82. The Morgan fingerprint density at radius 1 is 0.900 bits per heavy atom. The van der Waals surface area contributed by atoms with Gasteiger partial charge in [0.05, 0.1) is 0 Å². The maximum Gasteiger partial charge on any atom is 0.0291 e. The second-order valence-electron chi connectivity index (χ2n) is 5.60. The molecule has 2 aromatic rings. The lowest BCUT2D eigenvalue weighted by Crippen LogP contribution is -2.19. The van der Waals surface area contributed by atoms with Crippen LogP contribution in [-0.4, -0.2) is 6.54 Å². The number of nitrogens with one attached hydrogen (secondary N) is 1. The van der Waals surface area contributed by atoms with E-state index in [1.54, 1.807) is 0 Å². The van der Waals surface area contributed by atoms with E-state index in [4.69, 9.17) is 0 Å². The van der Waals surface area contributed by atoms with Crippen LogP contribution in [0.15, 0.2) is 42.5 Å². The van der Waals surface area contributed by atoms with E-state index in [9.17, 15) is 0 Å². The van der Waals surface area contributed by atoms with E-state index in [0.29, 0.717) is 6.04 Å². The summed E-state index contributed by atoms with van der Waals surface area (Å²) in [7, 11) is 0. The number of hydrogen-bond acceptors (Lipinski definition) is 1. The van der Waals surface area contributed by atoms with E-state index < -0.39 is 0 Å². The van der Waals surface area contributed by atoms with Gasteiger partial charge < -0.3 is 5.32 Å². The smallest absolute Gasteiger partial charge is 0.0291 e. The van der Waals surface area contributed by atoms with Crippen LogP contribution in [0.1, 0.15) is 43.0 Å². The number of hydrogen-bond donors (Lipinski definition) is 1. The topological polar surface area (TPSA) is 12.0 Å². The normalized spacial score (nSPS) is 12.4. The molecule has 0 bridgehead atoms. The summed E-state index contributed by atoms with van der Waals surface area (Å²) in [4.78, 5) is 0. The largest absolute Gasteiger partial charge is 0.310 e. The zero-order valence-corrected chi connectivity index (χ0v) is 13.0. The molecule has 20 heavy (non-hydrogen) atoms. The van der Waals surface area contributed by atoms with Gasteiger partial charge >= 0.3 is 0 Å². The van der Waals surface area contributed by atoms with Crippen molar-refractivity contribution in [2.24, 2.45) is 0 Å². The maximum atomic E-state index is 3.52. The molecule has 0 heterocycles. The van der Waals surface area contributed by atoms with Crippen molar-refractivity contribution >= 4 is 0 Å². The highest BCUT2D eigenvalue weighted by atomic mass is 14.9. The Balaban J connectivity index is 2.17. The number of benzene rings is 2. The monoisotopic (exact) mass is 267 g/mol. The molecule has 1 unspecified atom stereocenters. The molecule has 106 valence electrons. The van der Waals surface area contributed by atoms with Gasteiger partial charge in [0.15, 0.2) is 0 Å². The molecule has 1 heteroatoms. The van der Waals surface area contributed by atoms with E-state index in [0.717, 1.165) is 6.54 Å². The second kappa shape index (κ2) is 6.71. The quantitative estimate of drug-likeness (QED) is 0.801. The van der Waals surface area contributed by atoms with E-state index in [1.165, 1.54) is 34.2 Å². The number of aryl methyl sites for hydroxylation is 2. The summed E-state index contributed by atoms with van der Waals surface area (Å²) in [6, 6.07) is 16.0. The highest BCUT2D eigenvalue weighted by Crippen LogP contribution is 2.24. The van der Waals surface area contributed by atoms with Crippen LogP contribution in [0.4, 0.5) is 0 Å². The first-order valence-electron chi connectivity index (χ1n) is 7.52. The Kier molecular flexibility index (Phi) is 4.97. The average Bonchev–Trinajstić information content (AvgIpc) is 2.48. The fraction of sp³-hybridized carbons (Fsp3) is 0.368. The van der Waals surface area contributed by atoms with Gasteiger partial charge in [0.1, 0.15) is 0 Å². The molecule has 0 aliphatic heterocycles. The minimum absolute atomic E-state index is 0.420. The molecule has 0 amide bonds. The van der Waals surface area contributed by atoms with E-state index >= 15 is 0 Å². The van der Waals surface area contributed by atoms with Gasteiger partial charge in [-0.2, -0.15) is 0 Å². The molecule has 0 saturated heterocycles. The van der Waals surface area contributed by atoms with Crippen LogP contribution >= 0.6 is 0 Å². The lowest BCUT2D eigenvalue weighted by atomic mass is 9.98. The lowest BCUT2D eigenvalue weighted by molar-refractivity contribution is 0.571. The molecule has 1 N–H and O–H groups in total. The minimum Gasteiger partial charge on any atom is -0.310 e. The van der Waals surface area contributed by atoms with E-state index in [2.05, 4.69) is 75.5 Å². The molecule has 0 aliphatic carbocycles. The van der Waals surface area contributed by atoms with Crippen LogP contribution in [0, 0.1) is 13.8 Å². The molecule has 0 fully saturated rings. The molecule has 1 nitrogen and oxygen atoms in total. The third-order valence-corrected chi connectivity index (χ3v) is 3.95. The third kappa shape index (κ3) is 3.49. The van der Waals surface area contributed by atoms with Crippen LogP contribution in [0.5, 0.6) is 0 Å². The Morgan fingerprint density at radius 2 is 1.55 bits per heavy atom. The molecule has 2 rings (SSSR count). The third-order valence-electron chi connectivity index (χ3n) is 3.95. The van der Waals surface area contributed by atoms with Crippen molar-refractivity contribution in [3.05, 3.63) is 59.2 Å². The molecule has 0 radical (unpaired) electrons. The minimum atomic E-state index is 0.420. The Hall–Kier alpha value is -1.60. The fourth-order valence-corrected chi connectivity index (χ4v) is 2.36. The first-order valence-corrected chi connectivity index (χ1v) is 7.52. The molecule has 1 atom stereocenters. The van der Waals surface area contributed by atoms with Crippen molar-refractivity contribution < 1.29 is 0 Å². The molecule has 0 aromatic heterocycles. The van der Waals surface area contributed by atoms with Crippen LogP contribution in [0.25, 0.3) is 11.1 Å². The first kappa shape index (κ1) is 14.8. The van der Waals surface area contributed by atoms with Crippen molar-refractivity contribution in [2.75, 3.05) is 6.54 Å².